The molecule has 2 fully saturated rings. The van der Waals surface area contributed by atoms with Crippen LogP contribution in [0.4, 0.5) is 5.69 Å². The number of ether oxygens (including phenoxy) is 2. The molecule has 2 unspecified atom stereocenters. The van der Waals surface area contributed by atoms with Crippen molar-refractivity contribution in [3.05, 3.63) is 53.1 Å². The molecule has 7 nitrogen and oxygen atoms in total. The monoisotopic (exact) mass is 485 g/mol. The van der Waals surface area contributed by atoms with Crippen molar-refractivity contribution in [1.82, 2.24) is 0 Å². The zero-order valence-corrected chi connectivity index (χ0v) is 20.2. The summed E-state index contributed by atoms with van der Waals surface area (Å²) in [4.78, 5) is 11.5. The molecule has 3 aliphatic rings. The van der Waals surface area contributed by atoms with Crippen LogP contribution in [0.25, 0.3) is 0 Å². The van der Waals surface area contributed by atoms with Gasteiger partial charge in [-0.15, -0.1) is 0 Å². The fourth-order valence-corrected chi connectivity index (χ4v) is 6.89. The molecule has 0 spiro atoms. The molecule has 1 N–H and O–H groups in total. The lowest BCUT2D eigenvalue weighted by Crippen LogP contribution is -2.45. The van der Waals surface area contributed by atoms with Crippen LogP contribution in [0, 0.1) is 11.8 Å². The lowest BCUT2D eigenvalue weighted by atomic mass is 9.93. The first-order chi connectivity index (χ1) is 16.4. The molecule has 2 heterocycles. The average molecular weight is 486 g/mol. The number of fused-ring (bicyclic) bond motifs is 1. The summed E-state index contributed by atoms with van der Waals surface area (Å²) >= 11 is 0. The van der Waals surface area contributed by atoms with Gasteiger partial charge in [0.15, 0.2) is 0 Å². The minimum atomic E-state index is -3.83. The summed E-state index contributed by atoms with van der Waals surface area (Å²) in [5, 5.41) is 9.95. The van der Waals surface area contributed by atoms with Crippen molar-refractivity contribution < 1.29 is 27.8 Å². The maximum atomic E-state index is 14.0. The number of aliphatic hydroxyl groups is 1. The predicted molar refractivity (Wildman–Crippen MR) is 127 cm³/mol. The maximum Gasteiger partial charge on any atom is 0.306 e. The molecule has 5 rings (SSSR count). The van der Waals surface area contributed by atoms with Gasteiger partial charge in [-0.3, -0.25) is 9.10 Å². The van der Waals surface area contributed by atoms with Crippen LogP contribution in [-0.4, -0.2) is 38.7 Å². The van der Waals surface area contributed by atoms with Gasteiger partial charge < -0.3 is 14.6 Å². The Kier molecular flexibility index (Phi) is 6.29. The van der Waals surface area contributed by atoms with Crippen molar-refractivity contribution in [3.63, 3.8) is 0 Å². The summed E-state index contributed by atoms with van der Waals surface area (Å²) in [5.41, 5.74) is 3.47. The Hall–Kier alpha value is -2.58. The number of nitrogens with zero attached hydrogens (tertiary/aromatic N) is 1. The number of hydrogen-bond acceptors (Lipinski definition) is 6. The highest BCUT2D eigenvalue weighted by atomic mass is 32.2. The highest BCUT2D eigenvalue weighted by Gasteiger charge is 2.44. The Labute approximate surface area is 200 Å². The van der Waals surface area contributed by atoms with Crippen LogP contribution in [0.1, 0.15) is 49.3 Å². The topological polar surface area (TPSA) is 93.1 Å². The van der Waals surface area contributed by atoms with Crippen molar-refractivity contribution in [2.45, 2.75) is 63.0 Å². The van der Waals surface area contributed by atoms with Crippen molar-refractivity contribution in [3.8, 4) is 5.75 Å². The van der Waals surface area contributed by atoms with E-state index in [1.807, 2.05) is 12.1 Å². The van der Waals surface area contributed by atoms with Gasteiger partial charge in [-0.1, -0.05) is 19.1 Å². The van der Waals surface area contributed by atoms with Gasteiger partial charge in [0.05, 0.1) is 36.8 Å². The lowest BCUT2D eigenvalue weighted by molar-refractivity contribution is -0.137. The summed E-state index contributed by atoms with van der Waals surface area (Å²) in [5.74, 6) is 0.534. The van der Waals surface area contributed by atoms with Crippen LogP contribution in [-0.2, 0) is 39.0 Å². The minimum Gasteiger partial charge on any atom is -0.493 e. The number of esters is 1. The van der Waals surface area contributed by atoms with Crippen LogP contribution in [0.5, 0.6) is 5.75 Å². The van der Waals surface area contributed by atoms with Crippen LogP contribution < -0.4 is 9.04 Å². The first-order valence-corrected chi connectivity index (χ1v) is 13.5. The van der Waals surface area contributed by atoms with E-state index in [2.05, 4.69) is 13.0 Å². The first kappa shape index (κ1) is 23.2. The number of hydrogen-bond donors (Lipinski definition) is 1. The SMILES string of the molecule is CCc1ccc2c(c1)CCC(C1CC1)N2S(=O)(=O)c1ccc(OCC2COC(=O)C2)c(CO)c1. The van der Waals surface area contributed by atoms with Crippen LogP contribution in [0.2, 0.25) is 0 Å². The molecule has 2 aliphatic heterocycles. The summed E-state index contributed by atoms with van der Waals surface area (Å²) in [6.45, 7) is 2.34. The number of aliphatic hydroxyl groups excluding tert-OH is 1. The lowest BCUT2D eigenvalue weighted by Gasteiger charge is -2.38. The highest BCUT2D eigenvalue weighted by molar-refractivity contribution is 7.92. The number of rotatable bonds is 8. The molecule has 0 amide bonds. The number of benzene rings is 2. The average Bonchev–Trinajstić information content (AvgIpc) is 3.62. The molecule has 2 aromatic carbocycles. The van der Waals surface area contributed by atoms with E-state index < -0.39 is 10.0 Å². The number of cyclic esters (lactones) is 1. The van der Waals surface area contributed by atoms with E-state index in [0.29, 0.717) is 30.3 Å². The Bertz CT molecular complexity index is 1190. The second-order valence-corrected chi connectivity index (χ2v) is 11.4. The Morgan fingerprint density at radius 3 is 2.65 bits per heavy atom. The molecule has 0 aromatic heterocycles. The number of carbonyl (C=O) groups excluding carboxylic acids is 1. The maximum absolute atomic E-state index is 14.0. The van der Waals surface area contributed by atoms with Gasteiger partial charge in [0, 0.05) is 17.5 Å². The number of anilines is 1. The van der Waals surface area contributed by atoms with Gasteiger partial charge in [0.1, 0.15) is 5.75 Å². The molecular formula is C26H31NO6S. The van der Waals surface area contributed by atoms with E-state index >= 15 is 0 Å². The summed E-state index contributed by atoms with van der Waals surface area (Å²) in [6.07, 6.45) is 5.03. The fourth-order valence-electron chi connectivity index (χ4n) is 5.06. The molecule has 1 aliphatic carbocycles. The zero-order valence-electron chi connectivity index (χ0n) is 19.4. The van der Waals surface area contributed by atoms with Gasteiger partial charge in [-0.2, -0.15) is 0 Å². The highest BCUT2D eigenvalue weighted by Crippen LogP contribution is 2.45. The van der Waals surface area contributed by atoms with E-state index in [9.17, 15) is 18.3 Å². The van der Waals surface area contributed by atoms with E-state index in [1.54, 1.807) is 16.4 Å². The molecular weight excluding hydrogens is 454 g/mol. The van der Waals surface area contributed by atoms with Gasteiger partial charge in [0.25, 0.3) is 10.0 Å². The van der Waals surface area contributed by atoms with E-state index in [4.69, 9.17) is 9.47 Å². The summed E-state index contributed by atoms with van der Waals surface area (Å²) in [6, 6.07) is 10.7. The third kappa shape index (κ3) is 4.41. The zero-order chi connectivity index (χ0) is 23.9. The summed E-state index contributed by atoms with van der Waals surface area (Å²) < 4.78 is 40.4. The van der Waals surface area contributed by atoms with Gasteiger partial charge in [-0.05, 0) is 73.4 Å². The number of carbonyl (C=O) groups is 1. The molecule has 8 heteroatoms. The smallest absolute Gasteiger partial charge is 0.306 e. The predicted octanol–water partition coefficient (Wildman–Crippen LogP) is 3.60. The van der Waals surface area contributed by atoms with Crippen LogP contribution in [0.3, 0.4) is 0 Å². The number of sulfonamides is 1. The quantitative estimate of drug-likeness (QED) is 0.575. The Balaban J connectivity index is 1.45. The van der Waals surface area contributed by atoms with Crippen molar-refractivity contribution in [2.75, 3.05) is 17.5 Å². The third-order valence-corrected chi connectivity index (χ3v) is 8.97. The first-order valence-electron chi connectivity index (χ1n) is 12.1. The van der Waals surface area contributed by atoms with Crippen LogP contribution >= 0.6 is 0 Å². The van der Waals surface area contributed by atoms with E-state index in [0.717, 1.165) is 43.4 Å². The molecule has 34 heavy (non-hydrogen) atoms. The second-order valence-electron chi connectivity index (χ2n) is 9.55. The van der Waals surface area contributed by atoms with Crippen molar-refractivity contribution in [2.24, 2.45) is 11.8 Å². The fraction of sp³-hybridized carbons (Fsp3) is 0.500. The van der Waals surface area contributed by atoms with Crippen molar-refractivity contribution in [1.29, 1.82) is 0 Å². The van der Waals surface area contributed by atoms with Crippen LogP contribution in [0.15, 0.2) is 41.3 Å². The normalized spacial score (nSPS) is 22.4. The van der Waals surface area contributed by atoms with Gasteiger partial charge in [-0.25, -0.2) is 8.42 Å². The molecule has 0 radical (unpaired) electrons. The number of aryl methyl sites for hydroxylation is 2. The Morgan fingerprint density at radius 1 is 1.15 bits per heavy atom. The van der Waals surface area contributed by atoms with E-state index in [-0.39, 0.29) is 36.0 Å². The van der Waals surface area contributed by atoms with Gasteiger partial charge >= 0.3 is 5.97 Å². The van der Waals surface area contributed by atoms with Gasteiger partial charge in [0.2, 0.25) is 0 Å². The third-order valence-electron chi connectivity index (χ3n) is 7.14. The molecule has 2 atom stereocenters. The molecule has 2 aromatic rings. The standard InChI is InChI=1S/C26H31NO6S/c1-2-17-3-8-24-20(11-17)6-9-23(19-4-5-19)27(24)34(30,31)22-7-10-25(21(13-22)14-28)32-15-18-12-26(29)33-16-18/h3,7-8,10-11,13,18-19,23,28H,2,4-6,9,12,14-16H2,1H3. The molecule has 0 bridgehead atoms. The molecule has 1 saturated heterocycles. The second kappa shape index (κ2) is 9.23. The summed E-state index contributed by atoms with van der Waals surface area (Å²) in [7, 11) is -3.83. The minimum absolute atomic E-state index is 0.0420. The van der Waals surface area contributed by atoms with E-state index in [1.165, 1.54) is 11.6 Å². The molecule has 182 valence electrons. The largest absolute Gasteiger partial charge is 0.493 e. The molecule has 1 saturated carbocycles. The van der Waals surface area contributed by atoms with Crippen molar-refractivity contribution >= 4 is 21.7 Å². The Morgan fingerprint density at radius 2 is 1.97 bits per heavy atom.